The number of aromatic nitrogens is 2. The molecule has 8 nitrogen and oxygen atoms in total. The third kappa shape index (κ3) is 3.75. The first-order valence-electron chi connectivity index (χ1n) is 7.86. The van der Waals surface area contributed by atoms with Gasteiger partial charge in [-0.3, -0.25) is 0 Å². The number of carbonyl (C=O) groups excluding carboxylic acids is 1. The Balaban J connectivity index is 2.18. The number of nitrogens with two attached hydrogens (primary N) is 1. The van der Waals surface area contributed by atoms with Crippen molar-refractivity contribution in [3.05, 3.63) is 65.9 Å². The van der Waals surface area contributed by atoms with Crippen LogP contribution in [0.15, 0.2) is 59.5 Å². The molecular formula is C18H17N3O5S. The molecular weight excluding hydrogens is 370 g/mol. The predicted molar refractivity (Wildman–Crippen MR) is 97.6 cm³/mol. The maximum atomic E-state index is 12.2. The fraction of sp³-hybridized carbons (Fsp3) is 0.111. The highest BCUT2D eigenvalue weighted by atomic mass is 32.2. The van der Waals surface area contributed by atoms with Gasteiger partial charge in [0.25, 0.3) is 0 Å². The number of esters is 1. The van der Waals surface area contributed by atoms with Crippen molar-refractivity contribution in [3.8, 4) is 16.9 Å². The van der Waals surface area contributed by atoms with Crippen molar-refractivity contribution >= 4 is 16.0 Å². The minimum Gasteiger partial charge on any atom is -0.464 e. The van der Waals surface area contributed by atoms with Gasteiger partial charge in [-0.05, 0) is 29.8 Å². The van der Waals surface area contributed by atoms with Crippen LogP contribution in [0.5, 0.6) is 0 Å². The first-order valence-corrected chi connectivity index (χ1v) is 9.40. The van der Waals surface area contributed by atoms with Gasteiger partial charge in [-0.2, -0.15) is 5.10 Å². The summed E-state index contributed by atoms with van der Waals surface area (Å²) in [5, 5.41) is 19.1. The smallest absolute Gasteiger partial charge is 0.356 e. The van der Waals surface area contributed by atoms with Crippen LogP contribution in [0.25, 0.3) is 16.9 Å². The normalized spacial score (nSPS) is 11.4. The molecule has 1 aromatic heterocycles. The molecule has 3 aromatic rings. The van der Waals surface area contributed by atoms with Crippen LogP contribution in [0, 0.1) is 0 Å². The Kier molecular flexibility index (Phi) is 5.08. The van der Waals surface area contributed by atoms with Crippen molar-refractivity contribution in [1.29, 1.82) is 0 Å². The number of sulfonamides is 1. The predicted octanol–water partition coefficient (Wildman–Crippen LogP) is 1.47. The van der Waals surface area contributed by atoms with E-state index in [0.717, 1.165) is 5.56 Å². The summed E-state index contributed by atoms with van der Waals surface area (Å²) in [7, 11) is -2.74. The molecule has 1 heterocycles. The van der Waals surface area contributed by atoms with E-state index >= 15 is 0 Å². The van der Waals surface area contributed by atoms with E-state index < -0.39 is 22.6 Å². The standard InChI is InChI=1S/C18H17N3O5S/c1-26-18(23)16-10-15(12-5-3-2-4-6-12)20-21(16)14-7-8-17(27(19,24)25)13(9-14)11-22/h2-10,22H,11H2,1H3,(H2,19,24,25). The van der Waals surface area contributed by atoms with Gasteiger partial charge in [0.1, 0.15) is 0 Å². The number of benzene rings is 2. The molecule has 0 saturated carbocycles. The van der Waals surface area contributed by atoms with E-state index in [1.54, 1.807) is 6.07 Å². The van der Waals surface area contributed by atoms with E-state index in [0.29, 0.717) is 11.4 Å². The number of nitrogens with zero attached hydrogens (tertiary/aromatic N) is 2. The molecule has 0 radical (unpaired) electrons. The van der Waals surface area contributed by atoms with Crippen molar-refractivity contribution in [2.24, 2.45) is 5.14 Å². The van der Waals surface area contributed by atoms with E-state index in [-0.39, 0.29) is 16.2 Å². The minimum atomic E-state index is -3.99. The molecule has 3 rings (SSSR count). The second-order valence-corrected chi connectivity index (χ2v) is 7.21. The number of ether oxygens (including phenoxy) is 1. The SMILES string of the molecule is COC(=O)c1cc(-c2ccccc2)nn1-c1ccc(S(N)(=O)=O)c(CO)c1. The summed E-state index contributed by atoms with van der Waals surface area (Å²) in [6, 6.07) is 14.9. The molecule has 0 fully saturated rings. The fourth-order valence-electron chi connectivity index (χ4n) is 2.68. The van der Waals surface area contributed by atoms with Crippen molar-refractivity contribution in [2.75, 3.05) is 7.11 Å². The molecule has 0 aliphatic heterocycles. The highest BCUT2D eigenvalue weighted by Crippen LogP contribution is 2.24. The monoisotopic (exact) mass is 387 g/mol. The molecule has 140 valence electrons. The zero-order chi connectivity index (χ0) is 19.6. The molecule has 0 unspecified atom stereocenters. The number of carbonyl (C=O) groups is 1. The van der Waals surface area contributed by atoms with Gasteiger partial charge in [-0.1, -0.05) is 30.3 Å². The first-order chi connectivity index (χ1) is 12.8. The van der Waals surface area contributed by atoms with Gasteiger partial charge in [0.15, 0.2) is 5.69 Å². The molecule has 2 aromatic carbocycles. The van der Waals surface area contributed by atoms with E-state index in [4.69, 9.17) is 9.88 Å². The van der Waals surface area contributed by atoms with Gasteiger partial charge in [-0.25, -0.2) is 23.0 Å². The third-order valence-corrected chi connectivity index (χ3v) is 4.95. The highest BCUT2D eigenvalue weighted by molar-refractivity contribution is 7.89. The molecule has 0 amide bonds. The Morgan fingerprint density at radius 2 is 1.89 bits per heavy atom. The zero-order valence-corrected chi connectivity index (χ0v) is 15.2. The summed E-state index contributed by atoms with van der Waals surface area (Å²) in [6.45, 7) is -0.542. The number of aliphatic hydroxyl groups excluding tert-OH is 1. The van der Waals surface area contributed by atoms with Crippen LogP contribution in [0.3, 0.4) is 0 Å². The summed E-state index contributed by atoms with van der Waals surface area (Å²) in [5.41, 5.74) is 1.97. The number of hydrogen-bond acceptors (Lipinski definition) is 6. The number of methoxy groups -OCH3 is 1. The average Bonchev–Trinajstić information content (AvgIpc) is 3.12. The van der Waals surface area contributed by atoms with Crippen molar-refractivity contribution in [2.45, 2.75) is 11.5 Å². The van der Waals surface area contributed by atoms with Crippen molar-refractivity contribution in [1.82, 2.24) is 9.78 Å². The van der Waals surface area contributed by atoms with Crippen LogP contribution in [-0.2, 0) is 21.4 Å². The Bertz CT molecular complexity index is 1090. The molecule has 3 N–H and O–H groups in total. The highest BCUT2D eigenvalue weighted by Gasteiger charge is 2.20. The first kappa shape index (κ1) is 18.8. The Hall–Kier alpha value is -3.01. The van der Waals surface area contributed by atoms with Gasteiger partial charge < -0.3 is 9.84 Å². The summed E-state index contributed by atoms with van der Waals surface area (Å²) >= 11 is 0. The number of primary sulfonamides is 1. The van der Waals surface area contributed by atoms with E-state index in [9.17, 15) is 18.3 Å². The lowest BCUT2D eigenvalue weighted by Gasteiger charge is -2.10. The Morgan fingerprint density at radius 3 is 2.48 bits per heavy atom. The fourth-order valence-corrected chi connectivity index (χ4v) is 3.42. The molecule has 0 saturated heterocycles. The topological polar surface area (TPSA) is 125 Å². The molecule has 0 bridgehead atoms. The van der Waals surface area contributed by atoms with Crippen molar-refractivity contribution in [3.63, 3.8) is 0 Å². The van der Waals surface area contributed by atoms with Gasteiger partial charge in [0, 0.05) is 5.56 Å². The second kappa shape index (κ2) is 7.31. The molecule has 0 atom stereocenters. The minimum absolute atomic E-state index is 0.0996. The number of rotatable bonds is 5. The number of hydrogen-bond donors (Lipinski definition) is 2. The lowest BCUT2D eigenvalue weighted by atomic mass is 10.1. The Morgan fingerprint density at radius 1 is 1.19 bits per heavy atom. The van der Waals surface area contributed by atoms with Gasteiger partial charge in [0.05, 0.1) is 30.0 Å². The maximum Gasteiger partial charge on any atom is 0.356 e. The van der Waals surface area contributed by atoms with Crippen LogP contribution in [-0.4, -0.2) is 36.4 Å². The van der Waals surface area contributed by atoms with Crippen LogP contribution in [0.2, 0.25) is 0 Å². The van der Waals surface area contributed by atoms with E-state index in [1.165, 1.54) is 30.0 Å². The summed E-state index contributed by atoms with van der Waals surface area (Å²) in [4.78, 5) is 12.0. The third-order valence-electron chi connectivity index (χ3n) is 3.94. The number of aliphatic hydroxyl groups is 1. The summed E-state index contributed by atoms with van der Waals surface area (Å²) in [6.07, 6.45) is 0. The van der Waals surface area contributed by atoms with Crippen LogP contribution < -0.4 is 5.14 Å². The van der Waals surface area contributed by atoms with Gasteiger partial charge in [0.2, 0.25) is 10.0 Å². The molecule has 0 aliphatic carbocycles. The van der Waals surface area contributed by atoms with Crippen LogP contribution >= 0.6 is 0 Å². The zero-order valence-electron chi connectivity index (χ0n) is 14.4. The quantitative estimate of drug-likeness (QED) is 0.639. The molecule has 0 aliphatic rings. The summed E-state index contributed by atoms with van der Waals surface area (Å²) < 4.78 is 29.4. The van der Waals surface area contributed by atoms with Crippen molar-refractivity contribution < 1.29 is 23.1 Å². The van der Waals surface area contributed by atoms with Crippen LogP contribution in [0.4, 0.5) is 0 Å². The van der Waals surface area contributed by atoms with Gasteiger partial charge in [-0.15, -0.1) is 0 Å². The van der Waals surface area contributed by atoms with Gasteiger partial charge >= 0.3 is 5.97 Å². The Labute approximate surface area is 155 Å². The molecule has 9 heteroatoms. The molecule has 0 spiro atoms. The second-order valence-electron chi connectivity index (χ2n) is 5.68. The van der Waals surface area contributed by atoms with E-state index in [2.05, 4.69) is 5.10 Å². The lowest BCUT2D eigenvalue weighted by Crippen LogP contribution is -2.16. The lowest BCUT2D eigenvalue weighted by molar-refractivity contribution is 0.0590. The van der Waals surface area contributed by atoms with E-state index in [1.807, 2.05) is 30.3 Å². The summed E-state index contributed by atoms with van der Waals surface area (Å²) in [5.74, 6) is -0.606. The maximum absolute atomic E-state index is 12.2. The molecule has 27 heavy (non-hydrogen) atoms. The average molecular weight is 387 g/mol. The van der Waals surface area contributed by atoms with Crippen LogP contribution in [0.1, 0.15) is 16.1 Å². The largest absolute Gasteiger partial charge is 0.464 e.